The van der Waals surface area contributed by atoms with Crippen LogP contribution in [-0.2, 0) is 9.53 Å². The Morgan fingerprint density at radius 3 is 2.42 bits per heavy atom. The SMILES string of the molecule is COC(=O)C(C)(C)COc1ccc(C(C)=O)c(F)c1. The summed E-state index contributed by atoms with van der Waals surface area (Å²) in [6.45, 7) is 4.68. The van der Waals surface area contributed by atoms with Gasteiger partial charge in [0.2, 0.25) is 0 Å². The van der Waals surface area contributed by atoms with E-state index >= 15 is 0 Å². The molecule has 0 aliphatic heterocycles. The van der Waals surface area contributed by atoms with Gasteiger partial charge < -0.3 is 9.47 Å². The lowest BCUT2D eigenvalue weighted by atomic mass is 9.95. The van der Waals surface area contributed by atoms with Crippen LogP contribution in [0.5, 0.6) is 5.75 Å². The molecule has 0 spiro atoms. The first kappa shape index (κ1) is 15.1. The molecule has 0 bridgehead atoms. The third kappa shape index (κ3) is 3.77. The van der Waals surface area contributed by atoms with Gasteiger partial charge in [-0.05, 0) is 32.9 Å². The van der Waals surface area contributed by atoms with Crippen LogP contribution < -0.4 is 4.74 Å². The second kappa shape index (κ2) is 5.82. The molecule has 0 N–H and O–H groups in total. The average Bonchev–Trinajstić information content (AvgIpc) is 2.35. The molecule has 4 nitrogen and oxygen atoms in total. The summed E-state index contributed by atoms with van der Waals surface area (Å²) in [6, 6.07) is 3.98. The Morgan fingerprint density at radius 2 is 1.95 bits per heavy atom. The van der Waals surface area contributed by atoms with Gasteiger partial charge in [0.15, 0.2) is 5.78 Å². The van der Waals surface area contributed by atoms with Crippen molar-refractivity contribution in [3.05, 3.63) is 29.6 Å². The zero-order valence-electron chi connectivity index (χ0n) is 11.5. The van der Waals surface area contributed by atoms with Gasteiger partial charge in [-0.25, -0.2) is 4.39 Å². The van der Waals surface area contributed by atoms with Crippen molar-refractivity contribution in [3.63, 3.8) is 0 Å². The van der Waals surface area contributed by atoms with Crippen LogP contribution in [0.4, 0.5) is 4.39 Å². The smallest absolute Gasteiger partial charge is 0.314 e. The van der Waals surface area contributed by atoms with E-state index < -0.39 is 17.2 Å². The fraction of sp³-hybridized carbons (Fsp3) is 0.429. The molecule has 0 heterocycles. The van der Waals surface area contributed by atoms with E-state index in [0.29, 0.717) is 0 Å². The number of ether oxygens (including phenoxy) is 2. The highest BCUT2D eigenvalue weighted by Crippen LogP contribution is 2.22. The Morgan fingerprint density at radius 1 is 1.32 bits per heavy atom. The van der Waals surface area contributed by atoms with Crippen LogP contribution in [0.15, 0.2) is 18.2 Å². The first-order valence-corrected chi connectivity index (χ1v) is 5.79. The van der Waals surface area contributed by atoms with Crippen LogP contribution in [0.25, 0.3) is 0 Å². The van der Waals surface area contributed by atoms with Crippen molar-refractivity contribution in [2.24, 2.45) is 5.41 Å². The Balaban J connectivity index is 2.77. The number of hydrogen-bond acceptors (Lipinski definition) is 4. The van der Waals surface area contributed by atoms with Crippen molar-refractivity contribution in [1.82, 2.24) is 0 Å². The molecule has 0 saturated heterocycles. The second-order valence-corrected chi connectivity index (χ2v) is 4.86. The highest BCUT2D eigenvalue weighted by Gasteiger charge is 2.29. The molecule has 0 aliphatic carbocycles. The van der Waals surface area contributed by atoms with Crippen LogP contribution in [0.2, 0.25) is 0 Å². The number of methoxy groups -OCH3 is 1. The normalized spacial score (nSPS) is 11.0. The van der Waals surface area contributed by atoms with Gasteiger partial charge in [0.25, 0.3) is 0 Å². The fourth-order valence-electron chi connectivity index (χ4n) is 1.47. The van der Waals surface area contributed by atoms with E-state index in [1.54, 1.807) is 13.8 Å². The van der Waals surface area contributed by atoms with E-state index in [1.807, 2.05) is 0 Å². The lowest BCUT2D eigenvalue weighted by Gasteiger charge is -2.21. The van der Waals surface area contributed by atoms with E-state index in [2.05, 4.69) is 4.74 Å². The molecule has 0 fully saturated rings. The molecule has 0 radical (unpaired) electrons. The molecule has 19 heavy (non-hydrogen) atoms. The van der Waals surface area contributed by atoms with E-state index in [9.17, 15) is 14.0 Å². The number of ketones is 1. The summed E-state index contributed by atoms with van der Waals surface area (Å²) in [7, 11) is 1.30. The molecule has 104 valence electrons. The van der Waals surface area contributed by atoms with Crippen molar-refractivity contribution in [2.45, 2.75) is 20.8 Å². The number of benzene rings is 1. The molecule has 0 aromatic heterocycles. The number of hydrogen-bond donors (Lipinski definition) is 0. The Labute approximate surface area is 111 Å². The molecule has 1 aromatic carbocycles. The first-order valence-electron chi connectivity index (χ1n) is 5.79. The zero-order chi connectivity index (χ0) is 14.6. The summed E-state index contributed by atoms with van der Waals surface area (Å²) >= 11 is 0. The highest BCUT2D eigenvalue weighted by atomic mass is 19.1. The maximum Gasteiger partial charge on any atom is 0.314 e. The minimum absolute atomic E-state index is 0.0135. The van der Waals surface area contributed by atoms with Gasteiger partial charge in [0.1, 0.15) is 18.2 Å². The summed E-state index contributed by atoms with van der Waals surface area (Å²) in [5.41, 5.74) is -0.815. The lowest BCUT2D eigenvalue weighted by Crippen LogP contribution is -2.32. The van der Waals surface area contributed by atoms with Crippen LogP contribution in [0.1, 0.15) is 31.1 Å². The van der Waals surface area contributed by atoms with Gasteiger partial charge in [-0.3, -0.25) is 9.59 Å². The van der Waals surface area contributed by atoms with Crippen molar-refractivity contribution < 1.29 is 23.5 Å². The number of rotatable bonds is 5. The molecule has 0 unspecified atom stereocenters. The third-order valence-electron chi connectivity index (χ3n) is 2.66. The Kier molecular flexibility index (Phi) is 4.64. The standard InChI is InChI=1S/C14H17FO4/c1-9(16)11-6-5-10(7-12(11)15)19-8-14(2,3)13(17)18-4/h5-7H,8H2,1-4H3. The van der Waals surface area contributed by atoms with Gasteiger partial charge in [-0.1, -0.05) is 0 Å². The number of esters is 1. The Hall–Kier alpha value is -1.91. The maximum atomic E-state index is 13.6. The molecule has 0 atom stereocenters. The zero-order valence-corrected chi connectivity index (χ0v) is 11.5. The highest BCUT2D eigenvalue weighted by molar-refractivity contribution is 5.94. The summed E-state index contributed by atoms with van der Waals surface area (Å²) in [4.78, 5) is 22.5. The monoisotopic (exact) mass is 268 g/mol. The van der Waals surface area contributed by atoms with Crippen LogP contribution in [0, 0.1) is 11.2 Å². The molecule has 0 aliphatic rings. The van der Waals surface area contributed by atoms with Crippen LogP contribution in [-0.4, -0.2) is 25.5 Å². The van der Waals surface area contributed by atoms with E-state index in [-0.39, 0.29) is 23.7 Å². The second-order valence-electron chi connectivity index (χ2n) is 4.86. The molecule has 1 rings (SSSR count). The van der Waals surface area contributed by atoms with Gasteiger partial charge in [-0.15, -0.1) is 0 Å². The molecule has 0 saturated carbocycles. The van der Waals surface area contributed by atoms with Gasteiger partial charge >= 0.3 is 5.97 Å². The van der Waals surface area contributed by atoms with E-state index in [4.69, 9.17) is 4.74 Å². The van der Waals surface area contributed by atoms with Crippen LogP contribution >= 0.6 is 0 Å². The molecular weight excluding hydrogens is 251 g/mol. The first-order chi connectivity index (χ1) is 8.77. The Bertz CT molecular complexity index is 494. The van der Waals surface area contributed by atoms with E-state index in [0.717, 1.165) is 6.07 Å². The van der Waals surface area contributed by atoms with Gasteiger partial charge in [0.05, 0.1) is 18.1 Å². The predicted octanol–water partition coefficient (Wildman–Crippen LogP) is 2.61. The van der Waals surface area contributed by atoms with Crippen molar-refractivity contribution in [3.8, 4) is 5.75 Å². The maximum absolute atomic E-state index is 13.6. The topological polar surface area (TPSA) is 52.6 Å². The summed E-state index contributed by atoms with van der Waals surface area (Å²) < 4.78 is 23.6. The number of Topliss-reactive ketones (excluding diaryl/α,β-unsaturated/α-hetero) is 1. The quantitative estimate of drug-likeness (QED) is 0.608. The summed E-state index contributed by atoms with van der Waals surface area (Å²) in [6.07, 6.45) is 0. The minimum Gasteiger partial charge on any atom is -0.492 e. The van der Waals surface area contributed by atoms with Crippen molar-refractivity contribution in [2.75, 3.05) is 13.7 Å². The van der Waals surface area contributed by atoms with Crippen molar-refractivity contribution in [1.29, 1.82) is 0 Å². The molecular formula is C14H17FO4. The average molecular weight is 268 g/mol. The van der Waals surface area contributed by atoms with Crippen molar-refractivity contribution >= 4 is 11.8 Å². The summed E-state index contributed by atoms with van der Waals surface area (Å²) in [5.74, 6) is -1.13. The van der Waals surface area contributed by atoms with Gasteiger partial charge in [-0.2, -0.15) is 0 Å². The minimum atomic E-state index is -0.829. The number of carbonyl (C=O) groups excluding carboxylic acids is 2. The predicted molar refractivity (Wildman–Crippen MR) is 67.7 cm³/mol. The molecule has 0 amide bonds. The largest absolute Gasteiger partial charge is 0.492 e. The summed E-state index contributed by atoms with van der Waals surface area (Å²) in [5, 5.41) is 0. The van der Waals surface area contributed by atoms with Crippen LogP contribution in [0.3, 0.4) is 0 Å². The lowest BCUT2D eigenvalue weighted by molar-refractivity contribution is -0.152. The number of carbonyl (C=O) groups is 2. The van der Waals surface area contributed by atoms with Gasteiger partial charge in [0, 0.05) is 6.07 Å². The van der Waals surface area contributed by atoms with E-state index in [1.165, 1.54) is 26.2 Å². The number of halogens is 1. The molecule has 5 heteroatoms. The fourth-order valence-corrected chi connectivity index (χ4v) is 1.47. The molecule has 1 aromatic rings. The third-order valence-corrected chi connectivity index (χ3v) is 2.66.